The second kappa shape index (κ2) is 8.19. The Morgan fingerprint density at radius 3 is 2.72 bits per heavy atom. The summed E-state index contributed by atoms with van der Waals surface area (Å²) < 4.78 is 47.0. The number of aromatic nitrogens is 1. The van der Waals surface area contributed by atoms with Crippen LogP contribution in [0.2, 0.25) is 0 Å². The Labute approximate surface area is 182 Å². The van der Waals surface area contributed by atoms with Crippen molar-refractivity contribution in [2.24, 2.45) is 0 Å². The average Bonchev–Trinajstić information content (AvgIpc) is 3.34. The lowest BCUT2D eigenvalue weighted by Crippen LogP contribution is -2.37. The molecule has 1 aliphatic rings. The third-order valence-electron chi connectivity index (χ3n) is 4.70. The molecule has 0 saturated carbocycles. The molecule has 1 atom stereocenters. The number of carbonyl (C=O) groups excluding carboxylic acids is 1. The summed E-state index contributed by atoms with van der Waals surface area (Å²) in [7, 11) is 0. The van der Waals surface area contributed by atoms with Gasteiger partial charge in [-0.1, -0.05) is 29.5 Å². The first kappa shape index (κ1) is 20.5. The van der Waals surface area contributed by atoms with Crippen molar-refractivity contribution in [3.05, 3.63) is 57.2 Å². The van der Waals surface area contributed by atoms with Crippen LogP contribution in [0.1, 0.15) is 28.8 Å². The highest BCUT2D eigenvalue weighted by molar-refractivity contribution is 14.1. The van der Waals surface area contributed by atoms with Gasteiger partial charge in [-0.15, -0.1) is 0 Å². The highest BCUT2D eigenvalue weighted by Gasteiger charge is 2.35. The number of rotatable bonds is 4. The zero-order valence-electron chi connectivity index (χ0n) is 15.1. The number of para-hydroxylation sites is 1. The van der Waals surface area contributed by atoms with Crippen molar-refractivity contribution in [1.29, 1.82) is 0 Å². The minimum Gasteiger partial charge on any atom is -0.376 e. The van der Waals surface area contributed by atoms with Gasteiger partial charge in [-0.05, 0) is 59.7 Å². The standard InChI is InChI=1S/C20H16F3IN2O2S/c21-20(22,23)14-7-3-9-16-17(14)25-19(29-16)26(11-12-5-4-10-28-12)18(27)13-6-1-2-8-15(13)24/h1-3,6-9,12H,4-5,10-11H2. The molecule has 2 aromatic carbocycles. The Kier molecular flexibility index (Phi) is 5.80. The molecule has 0 radical (unpaired) electrons. The van der Waals surface area contributed by atoms with E-state index in [1.807, 2.05) is 12.1 Å². The zero-order chi connectivity index (χ0) is 20.6. The number of halogens is 4. The van der Waals surface area contributed by atoms with E-state index in [-0.39, 0.29) is 29.2 Å². The molecule has 4 rings (SSSR count). The third-order valence-corrected chi connectivity index (χ3v) is 6.69. The topological polar surface area (TPSA) is 42.4 Å². The second-order valence-electron chi connectivity index (χ2n) is 6.68. The maximum absolute atomic E-state index is 13.4. The Hall–Kier alpha value is -1.72. The second-order valence-corrected chi connectivity index (χ2v) is 8.85. The van der Waals surface area contributed by atoms with Gasteiger partial charge in [0.15, 0.2) is 5.13 Å². The summed E-state index contributed by atoms with van der Waals surface area (Å²) in [6.07, 6.45) is -2.97. The van der Waals surface area contributed by atoms with E-state index in [9.17, 15) is 18.0 Å². The van der Waals surface area contributed by atoms with Crippen molar-refractivity contribution in [3.63, 3.8) is 0 Å². The lowest BCUT2D eigenvalue weighted by Gasteiger charge is -2.23. The molecular weight excluding hydrogens is 516 g/mol. The Morgan fingerprint density at radius 2 is 2.03 bits per heavy atom. The first-order chi connectivity index (χ1) is 13.8. The summed E-state index contributed by atoms with van der Waals surface area (Å²) >= 11 is 3.16. The van der Waals surface area contributed by atoms with Gasteiger partial charge in [0.2, 0.25) is 0 Å². The summed E-state index contributed by atoms with van der Waals surface area (Å²) in [5.41, 5.74) is -0.439. The van der Waals surface area contributed by atoms with Gasteiger partial charge in [0.1, 0.15) is 0 Å². The number of thiazole rings is 1. The molecule has 152 valence electrons. The van der Waals surface area contributed by atoms with Gasteiger partial charge in [-0.2, -0.15) is 13.2 Å². The summed E-state index contributed by atoms with van der Waals surface area (Å²) in [4.78, 5) is 19.0. The molecule has 2 heterocycles. The maximum Gasteiger partial charge on any atom is 0.418 e. The highest BCUT2D eigenvalue weighted by Crippen LogP contribution is 2.39. The molecule has 9 heteroatoms. The van der Waals surface area contributed by atoms with E-state index in [0.29, 0.717) is 16.9 Å². The van der Waals surface area contributed by atoms with Crippen LogP contribution in [-0.4, -0.2) is 30.1 Å². The molecule has 0 aliphatic carbocycles. The van der Waals surface area contributed by atoms with Gasteiger partial charge < -0.3 is 4.74 Å². The van der Waals surface area contributed by atoms with Crippen LogP contribution < -0.4 is 4.90 Å². The van der Waals surface area contributed by atoms with E-state index in [0.717, 1.165) is 33.8 Å². The molecule has 0 bridgehead atoms. The molecule has 3 aromatic rings. The molecule has 1 fully saturated rings. The van der Waals surface area contributed by atoms with E-state index < -0.39 is 11.7 Å². The average molecular weight is 532 g/mol. The molecule has 1 saturated heterocycles. The first-order valence-corrected chi connectivity index (χ1v) is 10.9. The molecule has 0 spiro atoms. The van der Waals surface area contributed by atoms with E-state index >= 15 is 0 Å². The zero-order valence-corrected chi connectivity index (χ0v) is 18.1. The molecule has 1 amide bonds. The Bertz CT molecular complexity index is 1050. The van der Waals surface area contributed by atoms with E-state index in [1.165, 1.54) is 11.0 Å². The van der Waals surface area contributed by atoms with Crippen molar-refractivity contribution in [2.45, 2.75) is 25.1 Å². The molecule has 1 unspecified atom stereocenters. The van der Waals surface area contributed by atoms with Gasteiger partial charge in [0.05, 0.1) is 34.0 Å². The van der Waals surface area contributed by atoms with E-state index in [4.69, 9.17) is 4.74 Å². The van der Waals surface area contributed by atoms with Crippen LogP contribution in [0, 0.1) is 3.57 Å². The van der Waals surface area contributed by atoms with Gasteiger partial charge in [-0.3, -0.25) is 9.69 Å². The normalized spacial score (nSPS) is 17.0. The summed E-state index contributed by atoms with van der Waals surface area (Å²) in [5.74, 6) is -0.293. The summed E-state index contributed by atoms with van der Waals surface area (Å²) in [6, 6.07) is 11.1. The minimum atomic E-state index is -4.51. The van der Waals surface area contributed by atoms with Gasteiger partial charge >= 0.3 is 6.18 Å². The summed E-state index contributed by atoms with van der Waals surface area (Å²) in [5, 5.41) is 0.247. The van der Waals surface area contributed by atoms with Crippen LogP contribution in [0.4, 0.5) is 18.3 Å². The molecule has 1 aliphatic heterocycles. The molecule has 0 N–H and O–H groups in total. The van der Waals surface area contributed by atoms with Gasteiger partial charge in [0.25, 0.3) is 5.91 Å². The number of nitrogens with zero attached hydrogens (tertiary/aromatic N) is 2. The smallest absolute Gasteiger partial charge is 0.376 e. The quantitative estimate of drug-likeness (QED) is 0.403. The van der Waals surface area contributed by atoms with Crippen molar-refractivity contribution < 1.29 is 22.7 Å². The highest BCUT2D eigenvalue weighted by atomic mass is 127. The van der Waals surface area contributed by atoms with Crippen LogP contribution in [0.5, 0.6) is 0 Å². The molecule has 4 nitrogen and oxygen atoms in total. The van der Waals surface area contributed by atoms with Crippen LogP contribution in [0.25, 0.3) is 10.2 Å². The SMILES string of the molecule is O=C(c1ccccc1I)N(CC1CCCO1)c1nc2c(C(F)(F)F)cccc2s1. The fourth-order valence-corrected chi connectivity index (χ4v) is 4.92. The number of hydrogen-bond acceptors (Lipinski definition) is 4. The minimum absolute atomic E-state index is 0.132. The largest absolute Gasteiger partial charge is 0.418 e. The van der Waals surface area contributed by atoms with Crippen molar-refractivity contribution in [1.82, 2.24) is 4.98 Å². The van der Waals surface area contributed by atoms with Crippen molar-refractivity contribution >= 4 is 55.2 Å². The Morgan fingerprint density at radius 1 is 1.24 bits per heavy atom. The third kappa shape index (κ3) is 4.26. The fraction of sp³-hybridized carbons (Fsp3) is 0.300. The fourth-order valence-electron chi connectivity index (χ4n) is 3.30. The van der Waals surface area contributed by atoms with Gasteiger partial charge in [0, 0.05) is 10.2 Å². The molecule has 1 aromatic heterocycles. The first-order valence-electron chi connectivity index (χ1n) is 8.99. The monoisotopic (exact) mass is 532 g/mol. The van der Waals surface area contributed by atoms with E-state index in [1.54, 1.807) is 18.2 Å². The number of hydrogen-bond donors (Lipinski definition) is 0. The van der Waals surface area contributed by atoms with Crippen LogP contribution in [-0.2, 0) is 10.9 Å². The number of anilines is 1. The van der Waals surface area contributed by atoms with Crippen LogP contribution >= 0.6 is 33.9 Å². The maximum atomic E-state index is 13.4. The lowest BCUT2D eigenvalue weighted by molar-refractivity contribution is -0.136. The van der Waals surface area contributed by atoms with Crippen molar-refractivity contribution in [2.75, 3.05) is 18.1 Å². The summed E-state index contributed by atoms with van der Waals surface area (Å²) in [6.45, 7) is 0.874. The predicted molar refractivity (Wildman–Crippen MR) is 114 cm³/mol. The number of amides is 1. The van der Waals surface area contributed by atoms with Crippen LogP contribution in [0.15, 0.2) is 42.5 Å². The van der Waals surface area contributed by atoms with Crippen LogP contribution in [0.3, 0.4) is 0 Å². The van der Waals surface area contributed by atoms with Crippen molar-refractivity contribution in [3.8, 4) is 0 Å². The molecular formula is C20H16F3IN2O2S. The molecule has 29 heavy (non-hydrogen) atoms. The predicted octanol–water partition coefficient (Wildman–Crippen LogP) is 5.75. The number of carbonyl (C=O) groups is 1. The lowest BCUT2D eigenvalue weighted by atomic mass is 10.1. The number of ether oxygens (including phenoxy) is 1. The van der Waals surface area contributed by atoms with E-state index in [2.05, 4.69) is 27.6 Å². The Balaban J connectivity index is 1.78. The number of benzene rings is 2. The van der Waals surface area contributed by atoms with Gasteiger partial charge in [-0.25, -0.2) is 4.98 Å². The number of alkyl halides is 3. The number of fused-ring (bicyclic) bond motifs is 1.